The van der Waals surface area contributed by atoms with E-state index in [4.69, 9.17) is 0 Å². The van der Waals surface area contributed by atoms with Gasteiger partial charge in [0.2, 0.25) is 0 Å². The molecule has 0 spiro atoms. The van der Waals surface area contributed by atoms with Gasteiger partial charge in [-0.15, -0.1) is 0 Å². The van der Waals surface area contributed by atoms with Crippen LogP contribution in [0.2, 0.25) is 0 Å². The second kappa shape index (κ2) is 3.67. The summed E-state index contributed by atoms with van der Waals surface area (Å²) in [6.07, 6.45) is 0. The van der Waals surface area contributed by atoms with E-state index in [0.29, 0.717) is 32.6 Å². The van der Waals surface area contributed by atoms with Gasteiger partial charge in [-0.2, -0.15) is 10.2 Å². The molecule has 2 N–H and O–H groups in total. The molecule has 0 bridgehead atoms. The van der Waals surface area contributed by atoms with Gasteiger partial charge in [0.1, 0.15) is 11.0 Å². The molecule has 22 heavy (non-hydrogen) atoms. The van der Waals surface area contributed by atoms with Crippen LogP contribution in [-0.4, -0.2) is 20.4 Å². The summed E-state index contributed by atoms with van der Waals surface area (Å²) in [7, 11) is 0. The van der Waals surface area contributed by atoms with E-state index in [1.165, 1.54) is 0 Å². The number of fused-ring (bicyclic) bond motifs is 3. The van der Waals surface area contributed by atoms with Crippen molar-refractivity contribution in [2.24, 2.45) is 0 Å². The van der Waals surface area contributed by atoms with Crippen molar-refractivity contribution in [1.29, 1.82) is 0 Å². The molecular weight excluding hydrogens is 280 g/mol. The third kappa shape index (κ3) is 1.20. The largest absolute Gasteiger partial charge is 0.272 e. The van der Waals surface area contributed by atoms with Gasteiger partial charge < -0.3 is 0 Å². The molecule has 0 aliphatic heterocycles. The van der Waals surface area contributed by atoms with E-state index in [-0.39, 0.29) is 11.1 Å². The monoisotopic (exact) mass is 288 g/mol. The minimum atomic E-state index is -0.272. The Labute approximate surface area is 121 Å². The minimum absolute atomic E-state index is 0.272. The first kappa shape index (κ1) is 11.4. The minimum Gasteiger partial charge on any atom is -0.267 e. The highest BCUT2D eigenvalue weighted by Gasteiger charge is 2.17. The van der Waals surface area contributed by atoms with Gasteiger partial charge in [-0.25, -0.2) is 10.2 Å². The summed E-state index contributed by atoms with van der Waals surface area (Å²) >= 11 is 0. The molecule has 2 aromatic heterocycles. The molecule has 0 saturated heterocycles. The molecule has 5 rings (SSSR count). The number of aromatic nitrogens is 4. The molecule has 0 aliphatic rings. The molecule has 0 amide bonds. The Balaban J connectivity index is 2.36. The van der Waals surface area contributed by atoms with Crippen LogP contribution in [0.3, 0.4) is 0 Å². The Morgan fingerprint density at radius 3 is 1.55 bits per heavy atom. The van der Waals surface area contributed by atoms with Crippen molar-refractivity contribution in [2.45, 2.75) is 0 Å². The van der Waals surface area contributed by atoms with Crippen molar-refractivity contribution in [2.75, 3.05) is 0 Å². The maximum absolute atomic E-state index is 12.1. The highest BCUT2D eigenvalue weighted by molar-refractivity contribution is 6.31. The Morgan fingerprint density at radius 1 is 0.636 bits per heavy atom. The molecule has 5 aromatic rings. The zero-order chi connectivity index (χ0) is 14.8. The Morgan fingerprint density at radius 2 is 1.09 bits per heavy atom. The molecule has 0 radical (unpaired) electrons. The predicted octanol–water partition coefficient (Wildman–Crippen LogP) is 1.90. The number of H-pyrrole nitrogens is 2. The van der Waals surface area contributed by atoms with Crippen LogP contribution in [0.4, 0.5) is 0 Å². The summed E-state index contributed by atoms with van der Waals surface area (Å²) in [4.78, 5) is 24.2. The molecule has 0 saturated carbocycles. The van der Waals surface area contributed by atoms with Crippen molar-refractivity contribution in [1.82, 2.24) is 20.4 Å². The number of hydrogen-bond donors (Lipinski definition) is 2. The van der Waals surface area contributed by atoms with E-state index < -0.39 is 0 Å². The van der Waals surface area contributed by atoms with Crippen molar-refractivity contribution >= 4 is 43.4 Å². The first-order chi connectivity index (χ1) is 10.8. The fourth-order valence-corrected chi connectivity index (χ4v) is 3.20. The van der Waals surface area contributed by atoms with Crippen LogP contribution in [0.5, 0.6) is 0 Å². The molecule has 0 fully saturated rings. The van der Waals surface area contributed by atoms with Crippen molar-refractivity contribution in [3.8, 4) is 0 Å². The summed E-state index contributed by atoms with van der Waals surface area (Å²) in [5, 5.41) is 17.7. The average Bonchev–Trinajstić information content (AvgIpc) is 2.56. The van der Waals surface area contributed by atoms with Crippen molar-refractivity contribution in [3.63, 3.8) is 0 Å². The molecule has 2 heterocycles. The molecule has 0 atom stereocenters. The fourth-order valence-electron chi connectivity index (χ4n) is 3.20. The van der Waals surface area contributed by atoms with Gasteiger partial charge >= 0.3 is 0 Å². The first-order valence-corrected chi connectivity index (χ1v) is 6.79. The third-order valence-corrected chi connectivity index (χ3v) is 4.14. The van der Waals surface area contributed by atoms with Gasteiger partial charge in [0.05, 0.1) is 10.8 Å². The van der Waals surface area contributed by atoms with E-state index in [0.717, 1.165) is 10.8 Å². The van der Waals surface area contributed by atoms with E-state index >= 15 is 0 Å². The van der Waals surface area contributed by atoms with E-state index in [1.54, 1.807) is 12.1 Å². The van der Waals surface area contributed by atoms with Crippen LogP contribution in [-0.2, 0) is 0 Å². The second-order valence-electron chi connectivity index (χ2n) is 5.26. The molecule has 3 aromatic carbocycles. The van der Waals surface area contributed by atoms with Crippen LogP contribution >= 0.6 is 0 Å². The lowest BCUT2D eigenvalue weighted by molar-refractivity contribution is 1.04. The summed E-state index contributed by atoms with van der Waals surface area (Å²) in [5.41, 5.74) is 0.809. The summed E-state index contributed by atoms with van der Waals surface area (Å²) in [5.74, 6) is 0. The highest BCUT2D eigenvalue weighted by atomic mass is 16.1. The van der Waals surface area contributed by atoms with Gasteiger partial charge in [0.15, 0.2) is 0 Å². The lowest BCUT2D eigenvalue weighted by Crippen LogP contribution is -2.13. The highest BCUT2D eigenvalue weighted by Crippen LogP contribution is 2.35. The van der Waals surface area contributed by atoms with Crippen molar-refractivity contribution in [3.05, 3.63) is 57.1 Å². The van der Waals surface area contributed by atoms with E-state index in [1.807, 2.05) is 24.3 Å². The number of hydrogen-bond acceptors (Lipinski definition) is 4. The summed E-state index contributed by atoms with van der Waals surface area (Å²) < 4.78 is 0. The van der Waals surface area contributed by atoms with Crippen LogP contribution in [0, 0.1) is 0 Å². The lowest BCUT2D eigenvalue weighted by atomic mass is 9.96. The van der Waals surface area contributed by atoms with Gasteiger partial charge in [0.25, 0.3) is 11.1 Å². The first-order valence-electron chi connectivity index (χ1n) is 6.79. The molecule has 6 heteroatoms. The maximum atomic E-state index is 12.1. The quantitative estimate of drug-likeness (QED) is 0.336. The Bertz CT molecular complexity index is 1210. The molecule has 6 nitrogen and oxygen atoms in total. The lowest BCUT2D eigenvalue weighted by Gasteiger charge is -2.11. The molecular formula is C16H8N4O2. The van der Waals surface area contributed by atoms with Crippen LogP contribution < -0.4 is 11.1 Å². The second-order valence-corrected chi connectivity index (χ2v) is 5.26. The van der Waals surface area contributed by atoms with Crippen molar-refractivity contribution < 1.29 is 0 Å². The Kier molecular flexibility index (Phi) is 1.90. The average molecular weight is 288 g/mol. The molecule has 0 unspecified atom stereocenters. The summed E-state index contributed by atoms with van der Waals surface area (Å²) in [6.45, 7) is 0. The Hall–Kier alpha value is -3.28. The standard InChI is InChI=1S/C16H8N4O2/c21-15-9-5-6-10-12-11(9)13(17-19-15)7-3-1-2-4-8(7)14(12)18-20-16(10)22/h1-6H,(H,19,21)(H,20,22). The zero-order valence-electron chi connectivity index (χ0n) is 11.2. The third-order valence-electron chi connectivity index (χ3n) is 4.14. The topological polar surface area (TPSA) is 91.5 Å². The van der Waals surface area contributed by atoms with Gasteiger partial charge in [-0.05, 0) is 12.1 Å². The van der Waals surface area contributed by atoms with Crippen LogP contribution in [0.25, 0.3) is 43.4 Å². The maximum Gasteiger partial charge on any atom is 0.272 e. The number of nitrogens with zero attached hydrogens (tertiary/aromatic N) is 2. The number of aromatic amines is 2. The summed E-state index contributed by atoms with van der Waals surface area (Å²) in [6, 6.07) is 11.0. The molecule has 0 aliphatic carbocycles. The zero-order valence-corrected chi connectivity index (χ0v) is 11.2. The van der Waals surface area contributed by atoms with Crippen LogP contribution in [0.1, 0.15) is 0 Å². The number of nitrogens with one attached hydrogen (secondary N) is 2. The normalized spacial score (nSPS) is 12.0. The van der Waals surface area contributed by atoms with Crippen LogP contribution in [0.15, 0.2) is 46.0 Å². The van der Waals surface area contributed by atoms with Gasteiger partial charge in [0, 0.05) is 21.5 Å². The predicted molar refractivity (Wildman–Crippen MR) is 84.5 cm³/mol. The fraction of sp³-hybridized carbons (Fsp3) is 0. The van der Waals surface area contributed by atoms with Gasteiger partial charge in [-0.1, -0.05) is 24.3 Å². The van der Waals surface area contributed by atoms with Gasteiger partial charge in [-0.3, -0.25) is 9.59 Å². The smallest absolute Gasteiger partial charge is 0.267 e. The number of benzene rings is 3. The molecule has 104 valence electrons. The van der Waals surface area contributed by atoms with E-state index in [2.05, 4.69) is 20.4 Å². The number of rotatable bonds is 0. The van der Waals surface area contributed by atoms with E-state index in [9.17, 15) is 9.59 Å². The SMILES string of the molecule is O=c1[nH]nc2c3ccccc3c3n[nH]c(=O)c4ccc1c2c43.